The summed E-state index contributed by atoms with van der Waals surface area (Å²) in [5.41, 5.74) is 1.46. The molecular formula is C21H21N3O4S. The SMILES string of the molecule is COC(=O)c1ccc(NC(=O)CSc2nc3ccccc3c(=O)n2C(C)C)cc1. The first-order chi connectivity index (χ1) is 13.9. The number of fused-ring (bicyclic) bond motifs is 1. The number of carbonyl (C=O) groups excluding carboxylic acids is 2. The summed E-state index contributed by atoms with van der Waals surface area (Å²) in [5, 5.41) is 3.83. The molecule has 0 aliphatic carbocycles. The van der Waals surface area contributed by atoms with Crippen molar-refractivity contribution in [3.8, 4) is 0 Å². The van der Waals surface area contributed by atoms with E-state index in [1.165, 1.54) is 18.9 Å². The first-order valence-electron chi connectivity index (χ1n) is 9.03. The zero-order valence-electron chi connectivity index (χ0n) is 16.3. The molecule has 0 saturated carbocycles. The lowest BCUT2D eigenvalue weighted by atomic mass is 10.2. The van der Waals surface area contributed by atoms with Crippen molar-refractivity contribution in [1.82, 2.24) is 9.55 Å². The van der Waals surface area contributed by atoms with Crippen LogP contribution in [0.2, 0.25) is 0 Å². The van der Waals surface area contributed by atoms with Gasteiger partial charge in [0.05, 0.1) is 29.3 Å². The normalized spacial score (nSPS) is 10.9. The number of esters is 1. The van der Waals surface area contributed by atoms with Crippen molar-refractivity contribution >= 4 is 40.2 Å². The maximum Gasteiger partial charge on any atom is 0.337 e. The molecule has 1 heterocycles. The van der Waals surface area contributed by atoms with E-state index in [2.05, 4.69) is 15.0 Å². The maximum atomic E-state index is 12.8. The topological polar surface area (TPSA) is 90.3 Å². The molecule has 7 nitrogen and oxygen atoms in total. The molecule has 3 rings (SSSR count). The fourth-order valence-electron chi connectivity index (χ4n) is 2.82. The van der Waals surface area contributed by atoms with Gasteiger partial charge in [0.25, 0.3) is 5.56 Å². The molecule has 0 saturated heterocycles. The zero-order valence-corrected chi connectivity index (χ0v) is 17.2. The number of anilines is 1. The molecule has 29 heavy (non-hydrogen) atoms. The third-order valence-corrected chi connectivity index (χ3v) is 5.17. The average Bonchev–Trinajstić information content (AvgIpc) is 2.72. The number of ether oxygens (including phenoxy) is 1. The van der Waals surface area contributed by atoms with E-state index in [9.17, 15) is 14.4 Å². The van der Waals surface area contributed by atoms with E-state index in [1.807, 2.05) is 26.0 Å². The Bertz CT molecular complexity index is 1110. The van der Waals surface area contributed by atoms with Gasteiger partial charge in [-0.1, -0.05) is 23.9 Å². The van der Waals surface area contributed by atoms with Gasteiger partial charge in [0.1, 0.15) is 0 Å². The Morgan fingerprint density at radius 3 is 2.48 bits per heavy atom. The molecule has 1 aromatic heterocycles. The molecule has 0 bridgehead atoms. The predicted molar refractivity (Wildman–Crippen MR) is 114 cm³/mol. The van der Waals surface area contributed by atoms with Gasteiger partial charge in [-0.25, -0.2) is 9.78 Å². The Balaban J connectivity index is 1.74. The molecule has 0 aliphatic heterocycles. The van der Waals surface area contributed by atoms with Crippen LogP contribution in [0.15, 0.2) is 58.5 Å². The number of hydrogen-bond acceptors (Lipinski definition) is 6. The van der Waals surface area contributed by atoms with E-state index >= 15 is 0 Å². The van der Waals surface area contributed by atoms with Crippen LogP contribution < -0.4 is 10.9 Å². The van der Waals surface area contributed by atoms with Gasteiger partial charge in [0, 0.05) is 11.7 Å². The van der Waals surface area contributed by atoms with Crippen molar-refractivity contribution < 1.29 is 14.3 Å². The number of para-hydroxylation sites is 1. The second kappa shape index (κ2) is 8.91. The Morgan fingerprint density at radius 2 is 1.83 bits per heavy atom. The van der Waals surface area contributed by atoms with E-state index in [-0.39, 0.29) is 23.3 Å². The van der Waals surface area contributed by atoms with Crippen LogP contribution in [0.5, 0.6) is 0 Å². The van der Waals surface area contributed by atoms with Gasteiger partial charge in [-0.05, 0) is 50.2 Å². The number of thioether (sulfide) groups is 1. The first kappa shape index (κ1) is 20.6. The average molecular weight is 411 g/mol. The van der Waals surface area contributed by atoms with Crippen molar-refractivity contribution in [2.45, 2.75) is 25.0 Å². The lowest BCUT2D eigenvalue weighted by Crippen LogP contribution is -2.25. The van der Waals surface area contributed by atoms with Crippen molar-refractivity contribution in [3.05, 3.63) is 64.4 Å². The van der Waals surface area contributed by atoms with Gasteiger partial charge < -0.3 is 10.1 Å². The fraction of sp³-hybridized carbons (Fsp3) is 0.238. The summed E-state index contributed by atoms with van der Waals surface area (Å²) in [4.78, 5) is 41.2. The van der Waals surface area contributed by atoms with E-state index < -0.39 is 5.97 Å². The number of aromatic nitrogens is 2. The van der Waals surface area contributed by atoms with Crippen molar-refractivity contribution in [2.75, 3.05) is 18.2 Å². The van der Waals surface area contributed by atoms with Crippen LogP contribution in [0.4, 0.5) is 5.69 Å². The monoisotopic (exact) mass is 411 g/mol. The number of nitrogens with zero attached hydrogens (tertiary/aromatic N) is 2. The van der Waals surface area contributed by atoms with Gasteiger partial charge in [-0.3, -0.25) is 14.2 Å². The van der Waals surface area contributed by atoms with Gasteiger partial charge in [-0.2, -0.15) is 0 Å². The van der Waals surface area contributed by atoms with E-state index in [1.54, 1.807) is 41.0 Å². The van der Waals surface area contributed by atoms with E-state index in [0.29, 0.717) is 27.3 Å². The number of amides is 1. The van der Waals surface area contributed by atoms with Crippen molar-refractivity contribution in [3.63, 3.8) is 0 Å². The minimum Gasteiger partial charge on any atom is -0.465 e. The van der Waals surface area contributed by atoms with Crippen LogP contribution >= 0.6 is 11.8 Å². The van der Waals surface area contributed by atoms with Crippen LogP contribution in [-0.2, 0) is 9.53 Å². The van der Waals surface area contributed by atoms with Crippen LogP contribution in [0.1, 0.15) is 30.2 Å². The number of benzene rings is 2. The number of rotatable bonds is 6. The fourth-order valence-corrected chi connectivity index (χ4v) is 3.75. The minimum atomic E-state index is -0.438. The molecule has 2 aromatic carbocycles. The Kier molecular flexibility index (Phi) is 6.33. The number of methoxy groups -OCH3 is 1. The molecule has 3 aromatic rings. The predicted octanol–water partition coefficient (Wildman–Crippen LogP) is 3.49. The molecule has 0 radical (unpaired) electrons. The summed E-state index contributed by atoms with van der Waals surface area (Å²) in [6, 6.07) is 13.5. The largest absolute Gasteiger partial charge is 0.465 e. The Labute approximate surface area is 172 Å². The highest BCUT2D eigenvalue weighted by Gasteiger charge is 2.15. The summed E-state index contributed by atoms with van der Waals surface area (Å²) < 4.78 is 6.25. The molecular weight excluding hydrogens is 390 g/mol. The molecule has 0 atom stereocenters. The maximum absolute atomic E-state index is 12.8. The zero-order chi connectivity index (χ0) is 21.0. The number of carbonyl (C=O) groups is 2. The minimum absolute atomic E-state index is 0.0870. The molecule has 0 spiro atoms. The number of nitrogens with one attached hydrogen (secondary N) is 1. The second-order valence-corrected chi connectivity index (χ2v) is 7.53. The quantitative estimate of drug-likeness (QED) is 0.379. The summed E-state index contributed by atoms with van der Waals surface area (Å²) in [5.74, 6) is -0.581. The first-order valence-corrected chi connectivity index (χ1v) is 10.0. The van der Waals surface area contributed by atoms with E-state index in [4.69, 9.17) is 0 Å². The molecule has 0 aliphatic rings. The summed E-state index contributed by atoms with van der Waals surface area (Å²) in [7, 11) is 1.31. The van der Waals surface area contributed by atoms with Crippen molar-refractivity contribution in [1.29, 1.82) is 0 Å². The molecule has 150 valence electrons. The highest BCUT2D eigenvalue weighted by atomic mass is 32.2. The highest BCUT2D eigenvalue weighted by Crippen LogP contribution is 2.21. The molecule has 1 amide bonds. The van der Waals surface area contributed by atoms with Crippen molar-refractivity contribution in [2.24, 2.45) is 0 Å². The standard InChI is InChI=1S/C21H21N3O4S/c1-13(2)24-19(26)16-6-4-5-7-17(16)23-21(24)29-12-18(25)22-15-10-8-14(9-11-15)20(27)28-3/h4-11,13H,12H2,1-3H3,(H,22,25). The van der Waals surface area contributed by atoms with Crippen LogP contribution in [0.3, 0.4) is 0 Å². The molecule has 1 N–H and O–H groups in total. The molecule has 0 fully saturated rings. The van der Waals surface area contributed by atoms with Gasteiger partial charge in [0.15, 0.2) is 5.16 Å². The summed E-state index contributed by atoms with van der Waals surface area (Å²) >= 11 is 1.21. The molecule has 0 unspecified atom stereocenters. The lowest BCUT2D eigenvalue weighted by Gasteiger charge is -2.16. The van der Waals surface area contributed by atoms with Gasteiger partial charge >= 0.3 is 5.97 Å². The van der Waals surface area contributed by atoms with Gasteiger partial charge in [-0.15, -0.1) is 0 Å². The van der Waals surface area contributed by atoms with Gasteiger partial charge in [0.2, 0.25) is 5.91 Å². The van der Waals surface area contributed by atoms with Crippen LogP contribution in [0.25, 0.3) is 10.9 Å². The summed E-state index contributed by atoms with van der Waals surface area (Å²) in [6.45, 7) is 3.82. The van der Waals surface area contributed by atoms with Crippen LogP contribution in [0, 0.1) is 0 Å². The lowest BCUT2D eigenvalue weighted by molar-refractivity contribution is -0.113. The molecule has 8 heteroatoms. The van der Waals surface area contributed by atoms with E-state index in [0.717, 1.165) is 0 Å². The smallest absolute Gasteiger partial charge is 0.337 e. The Hall–Kier alpha value is -3.13. The summed E-state index contributed by atoms with van der Waals surface area (Å²) in [6.07, 6.45) is 0. The third-order valence-electron chi connectivity index (χ3n) is 4.21. The third kappa shape index (κ3) is 4.65. The number of hydrogen-bond donors (Lipinski definition) is 1. The van der Waals surface area contributed by atoms with Crippen LogP contribution in [-0.4, -0.2) is 34.3 Å². The second-order valence-electron chi connectivity index (χ2n) is 6.59. The Morgan fingerprint density at radius 1 is 1.14 bits per heavy atom. The highest BCUT2D eigenvalue weighted by molar-refractivity contribution is 7.99.